The smallest absolute Gasteiger partial charge is 0.407 e. The monoisotopic (exact) mass is 312 g/mol. The van der Waals surface area contributed by atoms with Crippen LogP contribution < -0.4 is 10.6 Å². The molecule has 0 radical (unpaired) electrons. The largest absolute Gasteiger partial charge is 0.444 e. The molecule has 4 atom stereocenters. The van der Waals surface area contributed by atoms with E-state index in [0.717, 1.165) is 5.92 Å². The van der Waals surface area contributed by atoms with Crippen LogP contribution in [0.3, 0.4) is 0 Å². The lowest BCUT2D eigenvalue weighted by molar-refractivity contribution is 0.0516. The Morgan fingerprint density at radius 1 is 1.23 bits per heavy atom. The average Bonchev–Trinajstić information content (AvgIpc) is 2.36. The summed E-state index contributed by atoms with van der Waals surface area (Å²) >= 11 is 0. The minimum absolute atomic E-state index is 0.283. The Kier molecular flexibility index (Phi) is 7.17. The molecule has 4 heteroatoms. The van der Waals surface area contributed by atoms with Gasteiger partial charge in [0.1, 0.15) is 5.60 Å². The normalized spacial score (nSPS) is 27.5. The van der Waals surface area contributed by atoms with Gasteiger partial charge in [0.2, 0.25) is 0 Å². The van der Waals surface area contributed by atoms with Gasteiger partial charge in [0.25, 0.3) is 0 Å². The zero-order valence-electron chi connectivity index (χ0n) is 15.5. The number of carbonyl (C=O) groups is 1. The predicted molar refractivity (Wildman–Crippen MR) is 92.0 cm³/mol. The van der Waals surface area contributed by atoms with Crippen molar-refractivity contribution in [3.05, 3.63) is 0 Å². The molecule has 1 aliphatic rings. The van der Waals surface area contributed by atoms with Gasteiger partial charge in [0.05, 0.1) is 0 Å². The molecule has 4 unspecified atom stereocenters. The second-order valence-electron chi connectivity index (χ2n) is 8.40. The Labute approximate surface area is 136 Å². The molecule has 1 fully saturated rings. The van der Waals surface area contributed by atoms with Crippen molar-refractivity contribution in [3.8, 4) is 0 Å². The third-order valence-corrected chi connectivity index (χ3v) is 4.56. The van der Waals surface area contributed by atoms with E-state index in [1.165, 1.54) is 19.3 Å². The SMILES string of the molecule is CC1CCC(C)C(NC(CNC(=O)OC(C)(C)C)C(C)C)C1. The summed E-state index contributed by atoms with van der Waals surface area (Å²) in [6.07, 6.45) is 3.53. The summed E-state index contributed by atoms with van der Waals surface area (Å²) in [6, 6.07) is 0.835. The molecule has 4 nitrogen and oxygen atoms in total. The molecular formula is C18H36N2O2. The maximum Gasteiger partial charge on any atom is 0.407 e. The van der Waals surface area contributed by atoms with E-state index in [0.29, 0.717) is 24.4 Å². The van der Waals surface area contributed by atoms with E-state index in [9.17, 15) is 4.79 Å². The third-order valence-electron chi connectivity index (χ3n) is 4.56. The topological polar surface area (TPSA) is 50.4 Å². The van der Waals surface area contributed by atoms with Crippen LogP contribution in [-0.4, -0.2) is 30.3 Å². The first-order valence-electron chi connectivity index (χ1n) is 8.81. The summed E-state index contributed by atoms with van der Waals surface area (Å²) in [5.41, 5.74) is -0.446. The van der Waals surface area contributed by atoms with Crippen molar-refractivity contribution in [1.82, 2.24) is 10.6 Å². The molecule has 0 saturated heterocycles. The number of ether oxygens (including phenoxy) is 1. The highest BCUT2D eigenvalue weighted by molar-refractivity contribution is 5.67. The van der Waals surface area contributed by atoms with Crippen LogP contribution in [-0.2, 0) is 4.74 Å². The van der Waals surface area contributed by atoms with E-state index >= 15 is 0 Å². The minimum Gasteiger partial charge on any atom is -0.444 e. The predicted octanol–water partition coefficient (Wildman–Crippen LogP) is 3.95. The van der Waals surface area contributed by atoms with Crippen LogP contribution in [0.2, 0.25) is 0 Å². The van der Waals surface area contributed by atoms with Gasteiger partial charge in [0, 0.05) is 18.6 Å². The standard InChI is InChI=1S/C18H36N2O2/c1-12(2)16(11-19-17(21)22-18(5,6)7)20-15-10-13(3)8-9-14(15)4/h12-16,20H,8-11H2,1-7H3,(H,19,21). The number of hydrogen-bond donors (Lipinski definition) is 2. The Bertz CT molecular complexity index is 349. The van der Waals surface area contributed by atoms with Crippen LogP contribution >= 0.6 is 0 Å². The Morgan fingerprint density at radius 2 is 1.86 bits per heavy atom. The minimum atomic E-state index is -0.446. The van der Waals surface area contributed by atoms with E-state index < -0.39 is 5.60 Å². The first kappa shape index (κ1) is 19.3. The molecule has 1 rings (SSSR count). The van der Waals surface area contributed by atoms with Gasteiger partial charge in [-0.25, -0.2) is 4.79 Å². The maximum atomic E-state index is 11.8. The summed E-state index contributed by atoms with van der Waals surface area (Å²) < 4.78 is 5.32. The molecule has 2 N–H and O–H groups in total. The van der Waals surface area contributed by atoms with Crippen molar-refractivity contribution in [2.45, 2.75) is 85.4 Å². The maximum absolute atomic E-state index is 11.8. The van der Waals surface area contributed by atoms with E-state index in [2.05, 4.69) is 38.3 Å². The van der Waals surface area contributed by atoms with E-state index in [4.69, 9.17) is 4.74 Å². The van der Waals surface area contributed by atoms with Crippen LogP contribution in [0.25, 0.3) is 0 Å². The molecule has 22 heavy (non-hydrogen) atoms. The van der Waals surface area contributed by atoms with Gasteiger partial charge in [-0.15, -0.1) is 0 Å². The lowest BCUT2D eigenvalue weighted by Crippen LogP contribution is -2.52. The van der Waals surface area contributed by atoms with Gasteiger partial charge in [-0.3, -0.25) is 0 Å². The van der Waals surface area contributed by atoms with Crippen LogP contribution in [0.1, 0.15) is 67.7 Å². The summed E-state index contributed by atoms with van der Waals surface area (Å²) in [5, 5.41) is 6.70. The number of alkyl carbamates (subject to hydrolysis) is 1. The highest BCUT2D eigenvalue weighted by Gasteiger charge is 2.28. The van der Waals surface area contributed by atoms with E-state index in [1.54, 1.807) is 0 Å². The molecule has 0 aliphatic heterocycles. The summed E-state index contributed by atoms with van der Waals surface area (Å²) in [5.74, 6) is 1.97. The second kappa shape index (κ2) is 8.19. The zero-order valence-corrected chi connectivity index (χ0v) is 15.5. The molecule has 0 bridgehead atoms. The van der Waals surface area contributed by atoms with Crippen LogP contribution in [0.15, 0.2) is 0 Å². The van der Waals surface area contributed by atoms with Crippen molar-refractivity contribution >= 4 is 6.09 Å². The molecule has 0 spiro atoms. The fraction of sp³-hybridized carbons (Fsp3) is 0.944. The Balaban J connectivity index is 2.50. The van der Waals surface area contributed by atoms with Gasteiger partial charge in [0.15, 0.2) is 0 Å². The van der Waals surface area contributed by atoms with Crippen LogP contribution in [0, 0.1) is 17.8 Å². The van der Waals surface area contributed by atoms with Crippen molar-refractivity contribution in [2.24, 2.45) is 17.8 Å². The van der Waals surface area contributed by atoms with Gasteiger partial charge >= 0.3 is 6.09 Å². The van der Waals surface area contributed by atoms with Gasteiger partial charge in [-0.1, -0.05) is 34.1 Å². The molecular weight excluding hydrogens is 276 g/mol. The highest BCUT2D eigenvalue weighted by Crippen LogP contribution is 2.29. The molecule has 0 aromatic rings. The molecule has 0 heterocycles. The quantitative estimate of drug-likeness (QED) is 0.808. The lowest BCUT2D eigenvalue weighted by Gasteiger charge is -2.37. The van der Waals surface area contributed by atoms with Gasteiger partial charge in [-0.05, 0) is 51.4 Å². The van der Waals surface area contributed by atoms with Crippen molar-refractivity contribution in [2.75, 3.05) is 6.54 Å². The molecule has 1 aliphatic carbocycles. The number of carbonyl (C=O) groups excluding carboxylic acids is 1. The average molecular weight is 312 g/mol. The Morgan fingerprint density at radius 3 is 2.41 bits per heavy atom. The molecule has 0 aromatic carbocycles. The van der Waals surface area contributed by atoms with Crippen LogP contribution in [0.5, 0.6) is 0 Å². The fourth-order valence-electron chi connectivity index (χ4n) is 3.03. The molecule has 1 amide bonds. The highest BCUT2D eigenvalue weighted by atomic mass is 16.6. The number of nitrogens with one attached hydrogen (secondary N) is 2. The second-order valence-corrected chi connectivity index (χ2v) is 8.40. The first-order valence-corrected chi connectivity index (χ1v) is 8.81. The summed E-state index contributed by atoms with van der Waals surface area (Å²) in [6.45, 7) is 15.3. The summed E-state index contributed by atoms with van der Waals surface area (Å²) in [7, 11) is 0. The number of rotatable bonds is 5. The van der Waals surface area contributed by atoms with Crippen molar-refractivity contribution < 1.29 is 9.53 Å². The van der Waals surface area contributed by atoms with E-state index in [-0.39, 0.29) is 12.1 Å². The van der Waals surface area contributed by atoms with Crippen LogP contribution in [0.4, 0.5) is 4.79 Å². The first-order chi connectivity index (χ1) is 10.1. The summed E-state index contributed by atoms with van der Waals surface area (Å²) in [4.78, 5) is 11.8. The molecule has 130 valence electrons. The third kappa shape index (κ3) is 6.99. The zero-order chi connectivity index (χ0) is 16.9. The van der Waals surface area contributed by atoms with Gasteiger partial charge < -0.3 is 15.4 Å². The number of amides is 1. The fourth-order valence-corrected chi connectivity index (χ4v) is 3.03. The van der Waals surface area contributed by atoms with Crippen molar-refractivity contribution in [3.63, 3.8) is 0 Å². The van der Waals surface area contributed by atoms with E-state index in [1.807, 2.05) is 20.8 Å². The lowest BCUT2D eigenvalue weighted by atomic mass is 9.79. The van der Waals surface area contributed by atoms with Gasteiger partial charge in [-0.2, -0.15) is 0 Å². The molecule has 0 aromatic heterocycles. The van der Waals surface area contributed by atoms with Crippen molar-refractivity contribution in [1.29, 1.82) is 0 Å². The Hall–Kier alpha value is -0.770. The number of hydrogen-bond acceptors (Lipinski definition) is 3. The molecule has 1 saturated carbocycles.